The average Bonchev–Trinajstić information content (AvgIpc) is 2.65. The zero-order valence-electron chi connectivity index (χ0n) is 16.2. The number of esters is 1. The molecule has 1 aromatic rings. The van der Waals surface area contributed by atoms with Crippen molar-refractivity contribution in [2.24, 2.45) is 0 Å². The lowest BCUT2D eigenvalue weighted by Gasteiger charge is -2.27. The van der Waals surface area contributed by atoms with Gasteiger partial charge in [-0.05, 0) is 55.7 Å². The van der Waals surface area contributed by atoms with Crippen LogP contribution in [0.3, 0.4) is 0 Å². The lowest BCUT2D eigenvalue weighted by atomic mass is 10.0. The Kier molecular flexibility index (Phi) is 7.63. The third-order valence-electron chi connectivity index (χ3n) is 4.40. The van der Waals surface area contributed by atoms with Gasteiger partial charge < -0.3 is 23.8 Å². The molecule has 144 valence electrons. The van der Waals surface area contributed by atoms with E-state index in [0.29, 0.717) is 30.3 Å². The van der Waals surface area contributed by atoms with Crippen LogP contribution in [0, 0.1) is 0 Å². The highest BCUT2D eigenvalue weighted by Gasteiger charge is 2.16. The van der Waals surface area contributed by atoms with Crippen LogP contribution in [0.15, 0.2) is 23.9 Å². The topological polar surface area (TPSA) is 57.2 Å². The number of nitrogens with zero attached hydrogens (tertiary/aromatic N) is 1. The number of carbonyl (C=O) groups is 1. The quantitative estimate of drug-likeness (QED) is 0.628. The molecule has 26 heavy (non-hydrogen) atoms. The molecule has 0 radical (unpaired) electrons. The van der Waals surface area contributed by atoms with Gasteiger partial charge in [0.2, 0.25) is 5.75 Å². The maximum Gasteiger partial charge on any atom is 0.309 e. The van der Waals surface area contributed by atoms with Gasteiger partial charge in [0.15, 0.2) is 11.5 Å². The molecule has 6 nitrogen and oxygen atoms in total. The van der Waals surface area contributed by atoms with Crippen LogP contribution in [0.2, 0.25) is 0 Å². The number of hydrogen-bond acceptors (Lipinski definition) is 6. The molecule has 0 saturated carbocycles. The van der Waals surface area contributed by atoms with Crippen molar-refractivity contribution in [1.29, 1.82) is 0 Å². The zero-order valence-corrected chi connectivity index (χ0v) is 16.2. The molecule has 1 aliphatic heterocycles. The smallest absolute Gasteiger partial charge is 0.309 e. The molecule has 0 amide bonds. The van der Waals surface area contributed by atoms with Crippen molar-refractivity contribution in [2.45, 2.75) is 32.6 Å². The minimum absolute atomic E-state index is 0.148. The van der Waals surface area contributed by atoms with Crippen LogP contribution in [-0.2, 0) is 16.0 Å². The molecule has 0 N–H and O–H groups in total. The van der Waals surface area contributed by atoms with E-state index in [-0.39, 0.29) is 5.97 Å². The van der Waals surface area contributed by atoms with E-state index in [2.05, 4.69) is 11.1 Å². The molecule has 0 fully saturated rings. The highest BCUT2D eigenvalue weighted by molar-refractivity contribution is 5.72. The normalized spacial score (nSPS) is 13.8. The van der Waals surface area contributed by atoms with E-state index in [9.17, 15) is 4.79 Å². The monoisotopic (exact) mass is 363 g/mol. The Morgan fingerprint density at radius 3 is 2.38 bits per heavy atom. The van der Waals surface area contributed by atoms with E-state index in [1.165, 1.54) is 0 Å². The number of methoxy groups -OCH3 is 3. The molecular formula is C20H29NO5. The molecule has 1 heterocycles. The van der Waals surface area contributed by atoms with Crippen molar-refractivity contribution in [1.82, 2.24) is 4.90 Å². The van der Waals surface area contributed by atoms with Crippen molar-refractivity contribution in [3.8, 4) is 17.2 Å². The lowest BCUT2D eigenvalue weighted by molar-refractivity contribution is -0.142. The fraction of sp³-hybridized carbons (Fsp3) is 0.550. The molecule has 1 aliphatic rings. The second-order valence-corrected chi connectivity index (χ2v) is 6.19. The van der Waals surface area contributed by atoms with Crippen molar-refractivity contribution >= 4 is 5.97 Å². The Labute approximate surface area is 155 Å². The molecule has 6 heteroatoms. The Morgan fingerprint density at radius 2 is 1.81 bits per heavy atom. The standard InChI is InChI=1S/C20H29NO5/c1-5-26-19(22)13-16-7-6-9-21(14-16)10-8-15-11-17(23-2)20(25-4)18(12-15)24-3/h11-12,14H,5-10,13H2,1-4H3. The minimum atomic E-state index is -0.148. The second-order valence-electron chi connectivity index (χ2n) is 6.19. The second kappa shape index (κ2) is 9.94. The summed E-state index contributed by atoms with van der Waals surface area (Å²) in [7, 11) is 4.84. The minimum Gasteiger partial charge on any atom is -0.493 e. The van der Waals surface area contributed by atoms with Crippen LogP contribution in [0.4, 0.5) is 0 Å². The summed E-state index contributed by atoms with van der Waals surface area (Å²) in [5.74, 6) is 1.79. The first-order valence-corrected chi connectivity index (χ1v) is 8.99. The Morgan fingerprint density at radius 1 is 1.12 bits per heavy atom. The van der Waals surface area contributed by atoms with Crippen LogP contribution in [0.1, 0.15) is 31.7 Å². The van der Waals surface area contributed by atoms with Gasteiger partial charge in [-0.3, -0.25) is 4.79 Å². The van der Waals surface area contributed by atoms with E-state index < -0.39 is 0 Å². The Hall–Kier alpha value is -2.37. The number of rotatable bonds is 9. The van der Waals surface area contributed by atoms with E-state index >= 15 is 0 Å². The van der Waals surface area contributed by atoms with Crippen LogP contribution in [0.5, 0.6) is 17.2 Å². The van der Waals surface area contributed by atoms with E-state index in [4.69, 9.17) is 18.9 Å². The van der Waals surface area contributed by atoms with Gasteiger partial charge in [-0.2, -0.15) is 0 Å². The molecule has 0 spiro atoms. The molecule has 0 aliphatic carbocycles. The largest absolute Gasteiger partial charge is 0.493 e. The van der Waals surface area contributed by atoms with Crippen molar-refractivity contribution < 1.29 is 23.7 Å². The maximum absolute atomic E-state index is 11.7. The highest BCUT2D eigenvalue weighted by Crippen LogP contribution is 2.38. The summed E-state index contributed by atoms with van der Waals surface area (Å²) in [5, 5.41) is 0. The first kappa shape index (κ1) is 19.9. The van der Waals surface area contributed by atoms with Gasteiger partial charge in [-0.1, -0.05) is 0 Å². The van der Waals surface area contributed by atoms with E-state index in [1.54, 1.807) is 21.3 Å². The van der Waals surface area contributed by atoms with Gasteiger partial charge in [0, 0.05) is 13.1 Å². The Bertz CT molecular complexity index is 616. The summed E-state index contributed by atoms with van der Waals surface area (Å²) < 4.78 is 21.2. The van der Waals surface area contributed by atoms with Gasteiger partial charge in [0.05, 0.1) is 34.4 Å². The van der Waals surface area contributed by atoms with Gasteiger partial charge >= 0.3 is 5.97 Å². The average molecular weight is 363 g/mol. The van der Waals surface area contributed by atoms with Gasteiger partial charge in [0.1, 0.15) is 0 Å². The fourth-order valence-electron chi connectivity index (χ4n) is 3.16. The molecule has 1 aromatic carbocycles. The molecule has 0 unspecified atom stereocenters. The van der Waals surface area contributed by atoms with E-state index in [1.807, 2.05) is 19.1 Å². The van der Waals surface area contributed by atoms with Crippen LogP contribution < -0.4 is 14.2 Å². The number of ether oxygens (including phenoxy) is 4. The summed E-state index contributed by atoms with van der Waals surface area (Å²) >= 11 is 0. The number of carbonyl (C=O) groups excluding carboxylic acids is 1. The number of benzene rings is 1. The molecule has 0 atom stereocenters. The summed E-state index contributed by atoms with van der Waals surface area (Å²) in [6.07, 6.45) is 5.35. The van der Waals surface area contributed by atoms with Gasteiger partial charge in [-0.15, -0.1) is 0 Å². The molecule has 0 saturated heterocycles. The van der Waals surface area contributed by atoms with Crippen molar-refractivity contribution in [3.63, 3.8) is 0 Å². The lowest BCUT2D eigenvalue weighted by Crippen LogP contribution is -2.26. The zero-order chi connectivity index (χ0) is 18.9. The summed E-state index contributed by atoms with van der Waals surface area (Å²) in [5.41, 5.74) is 2.25. The molecule has 0 bridgehead atoms. The summed E-state index contributed by atoms with van der Waals surface area (Å²) in [6.45, 7) is 4.12. The fourth-order valence-corrected chi connectivity index (χ4v) is 3.16. The third-order valence-corrected chi connectivity index (χ3v) is 4.40. The highest BCUT2D eigenvalue weighted by atomic mass is 16.5. The van der Waals surface area contributed by atoms with Crippen LogP contribution >= 0.6 is 0 Å². The van der Waals surface area contributed by atoms with E-state index in [0.717, 1.165) is 43.5 Å². The third kappa shape index (κ3) is 5.31. The van der Waals surface area contributed by atoms with Crippen molar-refractivity contribution in [2.75, 3.05) is 41.0 Å². The van der Waals surface area contributed by atoms with Gasteiger partial charge in [-0.25, -0.2) is 0 Å². The predicted octanol–water partition coefficient (Wildman–Crippen LogP) is 3.19. The predicted molar refractivity (Wildman–Crippen MR) is 99.9 cm³/mol. The van der Waals surface area contributed by atoms with Crippen LogP contribution in [0.25, 0.3) is 0 Å². The van der Waals surface area contributed by atoms with Crippen molar-refractivity contribution in [3.05, 3.63) is 29.5 Å². The molecule has 0 aromatic heterocycles. The molecule has 2 rings (SSSR count). The van der Waals surface area contributed by atoms with Gasteiger partial charge in [0.25, 0.3) is 0 Å². The first-order valence-electron chi connectivity index (χ1n) is 8.99. The summed E-state index contributed by atoms with van der Waals surface area (Å²) in [4.78, 5) is 13.9. The Balaban J connectivity index is 2.02. The maximum atomic E-state index is 11.7. The number of hydrogen-bond donors (Lipinski definition) is 0. The SMILES string of the molecule is CCOC(=O)CC1=CN(CCc2cc(OC)c(OC)c(OC)c2)CCC1. The molecular weight excluding hydrogens is 334 g/mol. The first-order chi connectivity index (χ1) is 12.6. The summed E-state index contributed by atoms with van der Waals surface area (Å²) in [6, 6.07) is 3.96. The van der Waals surface area contributed by atoms with Crippen LogP contribution in [-0.4, -0.2) is 51.9 Å².